The molecule has 0 atom stereocenters. The number of hydrogen-bond acceptors (Lipinski definition) is 5. The van der Waals surface area contributed by atoms with E-state index in [2.05, 4.69) is 15.4 Å². The van der Waals surface area contributed by atoms with Crippen LogP contribution in [0.1, 0.15) is 10.4 Å². The van der Waals surface area contributed by atoms with Crippen LogP contribution in [-0.2, 0) is 14.8 Å². The number of carbonyl (C=O) groups is 1. The largest absolute Gasteiger partial charge is 0.383 e. The monoisotopic (exact) mass is 363 g/mol. The van der Waals surface area contributed by atoms with Crippen LogP contribution in [0.15, 0.2) is 29.2 Å². The Bertz CT molecular complexity index is 603. The van der Waals surface area contributed by atoms with Crippen LogP contribution in [0.25, 0.3) is 0 Å². The van der Waals surface area contributed by atoms with E-state index in [1.165, 1.54) is 31.4 Å². The summed E-state index contributed by atoms with van der Waals surface area (Å²) in [7, 11) is -2.06. The number of sulfonamides is 1. The van der Waals surface area contributed by atoms with Crippen molar-refractivity contribution in [3.05, 3.63) is 29.8 Å². The highest BCUT2D eigenvalue weighted by molar-refractivity contribution is 7.89. The van der Waals surface area contributed by atoms with Gasteiger partial charge in [0.2, 0.25) is 10.0 Å². The average Bonchev–Trinajstić information content (AvgIpc) is 2.46. The molecule has 9 heteroatoms. The van der Waals surface area contributed by atoms with Crippen LogP contribution in [-0.4, -0.2) is 54.2 Å². The average molecular weight is 364 g/mol. The van der Waals surface area contributed by atoms with E-state index < -0.39 is 10.0 Å². The highest BCUT2D eigenvalue weighted by Gasteiger charge is 2.18. The molecule has 1 aliphatic heterocycles. The van der Waals surface area contributed by atoms with Gasteiger partial charge in [-0.1, -0.05) is 0 Å². The molecule has 1 heterocycles. The lowest BCUT2D eigenvalue weighted by Gasteiger charge is -2.27. The predicted octanol–water partition coefficient (Wildman–Crippen LogP) is -0.0177. The summed E-state index contributed by atoms with van der Waals surface area (Å²) in [5, 5.41) is 5.98. The molecule has 7 nitrogen and oxygen atoms in total. The van der Waals surface area contributed by atoms with E-state index in [-0.39, 0.29) is 29.8 Å². The Kier molecular flexibility index (Phi) is 7.93. The number of nitrogens with one attached hydrogen (secondary N) is 3. The van der Waals surface area contributed by atoms with E-state index in [0.29, 0.717) is 24.6 Å². The van der Waals surface area contributed by atoms with Crippen molar-refractivity contribution in [2.45, 2.75) is 4.90 Å². The molecule has 0 unspecified atom stereocenters. The third-order valence-corrected chi connectivity index (χ3v) is 4.92. The summed E-state index contributed by atoms with van der Waals surface area (Å²) in [6.07, 6.45) is 0. The molecule has 2 rings (SSSR count). The Balaban J connectivity index is 0.00000264. The SMILES string of the molecule is COCCNS(=O)(=O)c1ccc(C(=O)NCC2CNC2)cc1.Cl. The number of methoxy groups -OCH3 is 1. The smallest absolute Gasteiger partial charge is 0.251 e. The molecule has 1 aliphatic rings. The minimum absolute atomic E-state index is 0. The molecular formula is C14H22ClN3O4S. The summed E-state index contributed by atoms with van der Waals surface area (Å²) in [6, 6.07) is 5.88. The molecule has 0 aliphatic carbocycles. The molecule has 1 fully saturated rings. The molecule has 0 spiro atoms. The van der Waals surface area contributed by atoms with E-state index >= 15 is 0 Å². The standard InChI is InChI=1S/C14H21N3O4S.ClH/c1-21-7-6-17-22(19,20)13-4-2-12(3-5-13)14(18)16-10-11-8-15-9-11;/h2-5,11,15,17H,6-10H2,1H3,(H,16,18);1H. The molecule has 1 saturated heterocycles. The molecule has 1 aromatic carbocycles. The first-order chi connectivity index (χ1) is 10.5. The first-order valence-electron chi connectivity index (χ1n) is 7.10. The van der Waals surface area contributed by atoms with Crippen molar-refractivity contribution in [2.24, 2.45) is 5.92 Å². The molecule has 1 amide bonds. The summed E-state index contributed by atoms with van der Waals surface area (Å²) >= 11 is 0. The minimum atomic E-state index is -3.57. The molecule has 0 bridgehead atoms. The van der Waals surface area contributed by atoms with Gasteiger partial charge in [-0.15, -0.1) is 12.4 Å². The second-order valence-corrected chi connectivity index (χ2v) is 6.92. The zero-order valence-electron chi connectivity index (χ0n) is 12.9. The van der Waals surface area contributed by atoms with Crippen molar-refractivity contribution in [3.8, 4) is 0 Å². The molecule has 0 aromatic heterocycles. The lowest BCUT2D eigenvalue weighted by Crippen LogP contribution is -2.48. The number of carbonyl (C=O) groups excluding carboxylic acids is 1. The summed E-state index contributed by atoms with van der Waals surface area (Å²) in [5.41, 5.74) is 0.447. The van der Waals surface area contributed by atoms with Crippen molar-refractivity contribution >= 4 is 28.3 Å². The van der Waals surface area contributed by atoms with Crippen molar-refractivity contribution in [1.29, 1.82) is 0 Å². The Morgan fingerprint density at radius 1 is 1.30 bits per heavy atom. The van der Waals surface area contributed by atoms with E-state index in [4.69, 9.17) is 4.74 Å². The number of hydrogen-bond donors (Lipinski definition) is 3. The fraction of sp³-hybridized carbons (Fsp3) is 0.500. The van der Waals surface area contributed by atoms with Gasteiger partial charge in [0.1, 0.15) is 0 Å². The Morgan fingerprint density at radius 3 is 2.48 bits per heavy atom. The topological polar surface area (TPSA) is 96.5 Å². The Hall–Kier alpha value is -1.19. The maximum atomic E-state index is 12.0. The second-order valence-electron chi connectivity index (χ2n) is 5.15. The van der Waals surface area contributed by atoms with Gasteiger partial charge in [0, 0.05) is 44.8 Å². The zero-order chi connectivity index (χ0) is 16.0. The lowest BCUT2D eigenvalue weighted by molar-refractivity contribution is 0.0942. The van der Waals surface area contributed by atoms with Crippen molar-refractivity contribution in [3.63, 3.8) is 0 Å². The summed E-state index contributed by atoms with van der Waals surface area (Å²) < 4.78 is 31.2. The van der Waals surface area contributed by atoms with Crippen LogP contribution < -0.4 is 15.4 Å². The number of halogens is 1. The van der Waals surface area contributed by atoms with Crippen LogP contribution in [0.5, 0.6) is 0 Å². The van der Waals surface area contributed by atoms with Gasteiger partial charge in [0.15, 0.2) is 0 Å². The molecule has 1 aromatic rings. The fourth-order valence-electron chi connectivity index (χ4n) is 1.98. The van der Waals surface area contributed by atoms with E-state index in [1.54, 1.807) is 0 Å². The zero-order valence-corrected chi connectivity index (χ0v) is 14.5. The predicted molar refractivity (Wildman–Crippen MR) is 89.4 cm³/mol. The Labute approximate surface area is 142 Å². The normalized spacial score (nSPS) is 14.7. The highest BCUT2D eigenvalue weighted by atomic mass is 35.5. The lowest BCUT2D eigenvalue weighted by atomic mass is 10.0. The molecular weight excluding hydrogens is 342 g/mol. The molecule has 23 heavy (non-hydrogen) atoms. The van der Waals surface area contributed by atoms with Gasteiger partial charge in [0.25, 0.3) is 5.91 Å². The fourth-order valence-corrected chi connectivity index (χ4v) is 2.99. The summed E-state index contributed by atoms with van der Waals surface area (Å²) in [5.74, 6) is 0.289. The first-order valence-corrected chi connectivity index (χ1v) is 8.59. The van der Waals surface area contributed by atoms with Crippen LogP contribution in [0.3, 0.4) is 0 Å². The van der Waals surface area contributed by atoms with Crippen LogP contribution >= 0.6 is 12.4 Å². The van der Waals surface area contributed by atoms with Gasteiger partial charge in [-0.3, -0.25) is 4.79 Å². The molecule has 3 N–H and O–H groups in total. The van der Waals surface area contributed by atoms with Gasteiger partial charge in [-0.05, 0) is 24.3 Å². The van der Waals surface area contributed by atoms with Crippen LogP contribution in [0, 0.1) is 5.92 Å². The van der Waals surface area contributed by atoms with E-state index in [9.17, 15) is 13.2 Å². The van der Waals surface area contributed by atoms with Gasteiger partial charge in [0.05, 0.1) is 11.5 Å². The maximum Gasteiger partial charge on any atom is 0.251 e. The van der Waals surface area contributed by atoms with E-state index in [1.807, 2.05) is 0 Å². The third-order valence-electron chi connectivity index (χ3n) is 3.44. The molecule has 130 valence electrons. The minimum Gasteiger partial charge on any atom is -0.383 e. The Morgan fingerprint density at radius 2 is 1.96 bits per heavy atom. The summed E-state index contributed by atoms with van der Waals surface area (Å²) in [6.45, 7) is 2.98. The van der Waals surface area contributed by atoms with Gasteiger partial charge < -0.3 is 15.4 Å². The number of rotatable bonds is 8. The van der Waals surface area contributed by atoms with Crippen molar-refractivity contribution in [1.82, 2.24) is 15.4 Å². The van der Waals surface area contributed by atoms with Crippen LogP contribution in [0.4, 0.5) is 0 Å². The van der Waals surface area contributed by atoms with Gasteiger partial charge in [-0.25, -0.2) is 13.1 Å². The first kappa shape index (κ1) is 19.9. The van der Waals surface area contributed by atoms with Crippen molar-refractivity contribution < 1.29 is 17.9 Å². The van der Waals surface area contributed by atoms with Crippen molar-refractivity contribution in [2.75, 3.05) is 39.9 Å². The quantitative estimate of drug-likeness (QED) is 0.564. The summed E-state index contributed by atoms with van der Waals surface area (Å²) in [4.78, 5) is 12.1. The third kappa shape index (κ3) is 5.74. The highest BCUT2D eigenvalue weighted by Crippen LogP contribution is 2.10. The molecule has 0 radical (unpaired) electrons. The van der Waals surface area contributed by atoms with Crippen LogP contribution in [0.2, 0.25) is 0 Å². The molecule has 0 saturated carbocycles. The second kappa shape index (κ2) is 9.19. The van der Waals surface area contributed by atoms with E-state index in [0.717, 1.165) is 13.1 Å². The maximum absolute atomic E-state index is 12.0. The number of benzene rings is 1. The van der Waals surface area contributed by atoms with Gasteiger partial charge >= 0.3 is 0 Å². The number of ether oxygens (including phenoxy) is 1. The number of amides is 1. The van der Waals surface area contributed by atoms with Gasteiger partial charge in [-0.2, -0.15) is 0 Å².